The van der Waals surface area contributed by atoms with Crippen LogP contribution in [-0.4, -0.2) is 27.6 Å². The summed E-state index contributed by atoms with van der Waals surface area (Å²) in [5, 5.41) is 10.6. The average molecular weight is 352 g/mol. The monoisotopic (exact) mass is 352 g/mol. The average Bonchev–Trinajstić information content (AvgIpc) is 2.88. The molecule has 1 aliphatic heterocycles. The smallest absolute Gasteiger partial charge is 0.266 e. The maximum atomic E-state index is 12.7. The molecule has 0 atom stereocenters. The zero-order valence-electron chi connectivity index (χ0n) is 14.5. The largest absolute Gasteiger partial charge is 0.507 e. The zero-order valence-corrected chi connectivity index (χ0v) is 15.3. The van der Waals surface area contributed by atoms with Crippen LogP contribution in [-0.2, 0) is 4.79 Å². The number of likely N-dealkylation sites (N-methyl/N-ethyl adjacent to an activating group) is 1. The minimum atomic E-state index is -0.0835. The third kappa shape index (κ3) is 3.61. The van der Waals surface area contributed by atoms with Gasteiger partial charge in [-0.15, -0.1) is 0 Å². The summed E-state index contributed by atoms with van der Waals surface area (Å²) < 4.78 is 0. The Kier molecular flexibility index (Phi) is 4.95. The van der Waals surface area contributed by atoms with E-state index in [1.54, 1.807) is 29.2 Å². The van der Waals surface area contributed by atoms with Crippen molar-refractivity contribution in [2.45, 2.75) is 20.8 Å². The predicted octanol–water partition coefficient (Wildman–Crippen LogP) is 4.63. The fraction of sp³-hybridized carbons (Fsp3) is 0.200. The predicted molar refractivity (Wildman–Crippen MR) is 104 cm³/mol. The fourth-order valence-electron chi connectivity index (χ4n) is 2.56. The van der Waals surface area contributed by atoms with Gasteiger partial charge in [-0.05, 0) is 61.9 Å². The van der Waals surface area contributed by atoms with Gasteiger partial charge in [0.05, 0.1) is 10.6 Å². The molecule has 2 aromatic rings. The Morgan fingerprint density at radius 1 is 1.20 bits per heavy atom. The number of amides is 1. The maximum Gasteiger partial charge on any atom is 0.266 e. The summed E-state index contributed by atoms with van der Waals surface area (Å²) in [5.74, 6) is 0.0752. The van der Waals surface area contributed by atoms with Crippen LogP contribution in [0, 0.1) is 13.8 Å². The number of carbonyl (C=O) groups excluding carboxylic acids is 1. The number of amidine groups is 1. The van der Waals surface area contributed by atoms with E-state index in [0.717, 1.165) is 16.8 Å². The molecule has 0 radical (unpaired) electrons. The van der Waals surface area contributed by atoms with Gasteiger partial charge in [-0.3, -0.25) is 9.69 Å². The summed E-state index contributed by atoms with van der Waals surface area (Å²) in [6, 6.07) is 13.1. The summed E-state index contributed by atoms with van der Waals surface area (Å²) in [6.45, 7) is 6.51. The molecule has 4 nitrogen and oxygen atoms in total. The molecule has 0 saturated carbocycles. The Morgan fingerprint density at radius 2 is 1.96 bits per heavy atom. The van der Waals surface area contributed by atoms with Crippen LogP contribution in [0.25, 0.3) is 6.08 Å². The third-order valence-corrected chi connectivity index (χ3v) is 5.02. The number of rotatable bonds is 3. The lowest BCUT2D eigenvalue weighted by Gasteiger charge is -2.12. The number of benzene rings is 2. The molecule has 1 aliphatic rings. The van der Waals surface area contributed by atoms with Crippen molar-refractivity contribution in [3.63, 3.8) is 0 Å². The molecule has 0 aromatic heterocycles. The van der Waals surface area contributed by atoms with Gasteiger partial charge in [-0.2, -0.15) is 0 Å². The molecule has 2 aromatic carbocycles. The van der Waals surface area contributed by atoms with E-state index < -0.39 is 0 Å². The van der Waals surface area contributed by atoms with Crippen LogP contribution >= 0.6 is 11.8 Å². The van der Waals surface area contributed by atoms with E-state index in [2.05, 4.69) is 0 Å². The van der Waals surface area contributed by atoms with Crippen molar-refractivity contribution in [1.29, 1.82) is 0 Å². The van der Waals surface area contributed by atoms with Gasteiger partial charge < -0.3 is 5.11 Å². The van der Waals surface area contributed by atoms with Crippen LogP contribution in [0.3, 0.4) is 0 Å². The number of phenolic OH excluding ortho intramolecular Hbond substituents is 1. The highest BCUT2D eigenvalue weighted by Crippen LogP contribution is 2.35. The van der Waals surface area contributed by atoms with Gasteiger partial charge in [0.15, 0.2) is 5.17 Å². The number of aryl methyl sites for hydroxylation is 2. The van der Waals surface area contributed by atoms with E-state index in [9.17, 15) is 9.90 Å². The van der Waals surface area contributed by atoms with Crippen molar-refractivity contribution in [3.05, 3.63) is 64.1 Å². The Morgan fingerprint density at radius 3 is 2.68 bits per heavy atom. The lowest BCUT2D eigenvalue weighted by Crippen LogP contribution is -2.28. The molecule has 1 N–H and O–H groups in total. The number of aromatic hydroxyl groups is 1. The lowest BCUT2D eigenvalue weighted by atomic mass is 10.1. The van der Waals surface area contributed by atoms with Crippen LogP contribution in [0.1, 0.15) is 23.6 Å². The first-order chi connectivity index (χ1) is 12.0. The highest BCUT2D eigenvalue weighted by Gasteiger charge is 2.32. The van der Waals surface area contributed by atoms with E-state index in [0.29, 0.717) is 22.2 Å². The van der Waals surface area contributed by atoms with Crippen LogP contribution < -0.4 is 0 Å². The molecule has 1 fully saturated rings. The van der Waals surface area contributed by atoms with E-state index in [-0.39, 0.29) is 11.7 Å². The molecule has 0 spiro atoms. The lowest BCUT2D eigenvalue weighted by molar-refractivity contribution is -0.122. The van der Waals surface area contributed by atoms with Crippen molar-refractivity contribution in [3.8, 4) is 5.75 Å². The number of phenols is 1. The molecule has 128 valence electrons. The van der Waals surface area contributed by atoms with E-state index >= 15 is 0 Å². The molecule has 3 rings (SSSR count). The molecular weight excluding hydrogens is 332 g/mol. The quantitative estimate of drug-likeness (QED) is 0.819. The van der Waals surface area contributed by atoms with Crippen molar-refractivity contribution in [2.24, 2.45) is 4.99 Å². The fourth-order valence-corrected chi connectivity index (χ4v) is 3.61. The molecule has 0 bridgehead atoms. The molecule has 1 heterocycles. The second kappa shape index (κ2) is 7.15. The zero-order chi connectivity index (χ0) is 18.0. The molecule has 5 heteroatoms. The van der Waals surface area contributed by atoms with E-state index in [4.69, 9.17) is 4.99 Å². The topological polar surface area (TPSA) is 52.9 Å². The van der Waals surface area contributed by atoms with Gasteiger partial charge in [0.2, 0.25) is 0 Å². The summed E-state index contributed by atoms with van der Waals surface area (Å²) in [6.07, 6.45) is 1.72. The number of hydrogen-bond acceptors (Lipinski definition) is 4. The van der Waals surface area contributed by atoms with Crippen LogP contribution in [0.4, 0.5) is 5.69 Å². The maximum absolute atomic E-state index is 12.7. The highest BCUT2D eigenvalue weighted by atomic mass is 32.2. The first-order valence-electron chi connectivity index (χ1n) is 8.15. The Labute approximate surface area is 151 Å². The normalized spacial score (nSPS) is 17.7. The van der Waals surface area contributed by atoms with Gasteiger partial charge in [0, 0.05) is 12.1 Å². The minimum absolute atomic E-state index is 0.0835. The van der Waals surface area contributed by atoms with Crippen LogP contribution in [0.2, 0.25) is 0 Å². The number of hydrogen-bond donors (Lipinski definition) is 1. The Bertz CT molecular complexity index is 887. The molecule has 1 amide bonds. The first-order valence-corrected chi connectivity index (χ1v) is 8.96. The summed E-state index contributed by atoms with van der Waals surface area (Å²) >= 11 is 1.34. The SMILES string of the molecule is CCN1C(=O)/C(=C\c2ccccc2O)SC1=Nc1cc(C)ccc1C. The molecule has 0 unspecified atom stereocenters. The number of para-hydroxylation sites is 1. The van der Waals surface area contributed by atoms with Crippen LogP contribution in [0.15, 0.2) is 52.4 Å². The van der Waals surface area contributed by atoms with E-state index in [1.165, 1.54) is 11.8 Å². The minimum Gasteiger partial charge on any atom is -0.507 e. The number of aliphatic imine (C=N–C) groups is 1. The number of carbonyl (C=O) groups is 1. The first kappa shape index (κ1) is 17.3. The van der Waals surface area contributed by atoms with Crippen LogP contribution in [0.5, 0.6) is 5.75 Å². The standard InChI is InChI=1S/C20H20N2O2S/c1-4-22-19(24)18(12-15-7-5-6-8-17(15)23)25-20(22)21-16-11-13(2)9-10-14(16)3/h5-12,23H,4H2,1-3H3/b18-12+,21-20?. The summed E-state index contributed by atoms with van der Waals surface area (Å²) in [7, 11) is 0. The molecule has 1 saturated heterocycles. The van der Waals surface area contributed by atoms with Crippen molar-refractivity contribution >= 4 is 34.6 Å². The molecular formula is C20H20N2O2S. The van der Waals surface area contributed by atoms with Crippen molar-refractivity contribution < 1.29 is 9.90 Å². The van der Waals surface area contributed by atoms with E-state index in [1.807, 2.05) is 45.0 Å². The summed E-state index contributed by atoms with van der Waals surface area (Å²) in [4.78, 5) is 19.6. The van der Waals surface area contributed by atoms with Gasteiger partial charge >= 0.3 is 0 Å². The van der Waals surface area contributed by atoms with Gasteiger partial charge in [0.25, 0.3) is 5.91 Å². The van der Waals surface area contributed by atoms with Gasteiger partial charge in [-0.1, -0.05) is 30.3 Å². The Hall–Kier alpha value is -2.53. The Balaban J connectivity index is 1.99. The third-order valence-electron chi connectivity index (χ3n) is 4.01. The molecule has 25 heavy (non-hydrogen) atoms. The van der Waals surface area contributed by atoms with Crippen molar-refractivity contribution in [2.75, 3.05) is 6.54 Å². The highest BCUT2D eigenvalue weighted by molar-refractivity contribution is 8.18. The second-order valence-electron chi connectivity index (χ2n) is 5.90. The van der Waals surface area contributed by atoms with Gasteiger partial charge in [-0.25, -0.2) is 4.99 Å². The number of thioether (sulfide) groups is 1. The number of nitrogens with zero attached hydrogens (tertiary/aromatic N) is 2. The molecule has 0 aliphatic carbocycles. The van der Waals surface area contributed by atoms with Gasteiger partial charge in [0.1, 0.15) is 5.75 Å². The summed E-state index contributed by atoms with van der Waals surface area (Å²) in [5.41, 5.74) is 3.70. The second-order valence-corrected chi connectivity index (χ2v) is 6.91. The van der Waals surface area contributed by atoms with Crippen molar-refractivity contribution in [1.82, 2.24) is 4.90 Å².